The molecule has 20 heavy (non-hydrogen) atoms. The van der Waals surface area contributed by atoms with Crippen LogP contribution in [0.5, 0.6) is 0 Å². The van der Waals surface area contributed by atoms with Crippen LogP contribution in [0, 0.1) is 0 Å². The van der Waals surface area contributed by atoms with E-state index < -0.39 is 11.7 Å². The average molecular weight is 280 g/mol. The van der Waals surface area contributed by atoms with Gasteiger partial charge in [0.15, 0.2) is 0 Å². The Hall–Kier alpha value is -1.88. The van der Waals surface area contributed by atoms with Gasteiger partial charge in [0, 0.05) is 25.0 Å². The van der Waals surface area contributed by atoms with E-state index in [-0.39, 0.29) is 18.2 Å². The molecule has 0 saturated heterocycles. The van der Waals surface area contributed by atoms with Gasteiger partial charge < -0.3 is 5.32 Å². The van der Waals surface area contributed by atoms with Crippen molar-refractivity contribution in [1.82, 2.24) is 10.3 Å². The first-order valence-corrected chi connectivity index (χ1v) is 6.27. The lowest BCUT2D eigenvalue weighted by molar-refractivity contribution is -0.138. The van der Waals surface area contributed by atoms with Crippen LogP contribution in [0.25, 0.3) is 0 Å². The first-order valence-electron chi connectivity index (χ1n) is 6.27. The number of nitrogens with zero attached hydrogens (tertiary/aromatic N) is 1. The molecule has 106 valence electrons. The summed E-state index contributed by atoms with van der Waals surface area (Å²) in [5.74, 6) is 0. The molecular weight excluding hydrogens is 265 g/mol. The van der Waals surface area contributed by atoms with Gasteiger partial charge in [0.2, 0.25) is 0 Å². The molecule has 0 fully saturated rings. The van der Waals surface area contributed by atoms with E-state index in [2.05, 4.69) is 10.3 Å². The highest BCUT2D eigenvalue weighted by Crippen LogP contribution is 2.31. The van der Waals surface area contributed by atoms with Crippen molar-refractivity contribution in [2.75, 3.05) is 0 Å². The van der Waals surface area contributed by atoms with Gasteiger partial charge in [-0.25, -0.2) is 0 Å². The minimum absolute atomic E-state index is 0.0648. The van der Waals surface area contributed by atoms with Crippen molar-refractivity contribution in [1.29, 1.82) is 0 Å². The van der Waals surface area contributed by atoms with Crippen LogP contribution in [0.15, 0.2) is 48.8 Å². The number of benzene rings is 1. The molecule has 0 aliphatic carbocycles. The molecule has 5 heteroatoms. The lowest BCUT2D eigenvalue weighted by Gasteiger charge is -2.17. The standard InChI is InChI=1S/C15H15F3N2/c1-11(12-6-4-8-19-9-12)20-10-13-5-2-3-7-14(13)15(16,17)18/h2-9,11,20H,10H2,1H3/t11-/m0/s1. The van der Waals surface area contributed by atoms with Crippen molar-refractivity contribution in [3.05, 3.63) is 65.5 Å². The third-order valence-electron chi connectivity index (χ3n) is 3.11. The summed E-state index contributed by atoms with van der Waals surface area (Å²) in [6.45, 7) is 2.05. The number of pyridine rings is 1. The summed E-state index contributed by atoms with van der Waals surface area (Å²) in [6.07, 6.45) is -0.960. The van der Waals surface area contributed by atoms with Gasteiger partial charge in [0.1, 0.15) is 0 Å². The molecular formula is C15H15F3N2. The molecule has 0 unspecified atom stereocenters. The van der Waals surface area contributed by atoms with E-state index in [0.29, 0.717) is 0 Å². The molecule has 1 heterocycles. The molecule has 1 atom stereocenters. The Morgan fingerprint density at radius 3 is 2.55 bits per heavy atom. The first-order chi connectivity index (χ1) is 9.48. The second-order valence-electron chi connectivity index (χ2n) is 4.54. The molecule has 1 N–H and O–H groups in total. The Balaban J connectivity index is 2.08. The van der Waals surface area contributed by atoms with Gasteiger partial charge in [-0.05, 0) is 30.2 Å². The Bertz CT molecular complexity index is 553. The lowest BCUT2D eigenvalue weighted by Crippen LogP contribution is -2.20. The largest absolute Gasteiger partial charge is 0.416 e. The summed E-state index contributed by atoms with van der Waals surface area (Å²) >= 11 is 0. The van der Waals surface area contributed by atoms with Crippen LogP contribution in [-0.2, 0) is 12.7 Å². The lowest BCUT2D eigenvalue weighted by atomic mass is 10.1. The van der Waals surface area contributed by atoms with Gasteiger partial charge in [-0.3, -0.25) is 4.98 Å². The summed E-state index contributed by atoms with van der Waals surface area (Å²) in [4.78, 5) is 4.00. The smallest absolute Gasteiger partial charge is 0.306 e. The molecule has 2 aromatic rings. The number of alkyl halides is 3. The van der Waals surface area contributed by atoms with Crippen LogP contribution in [0.3, 0.4) is 0 Å². The fourth-order valence-corrected chi connectivity index (χ4v) is 1.96. The van der Waals surface area contributed by atoms with Crippen molar-refractivity contribution < 1.29 is 13.2 Å². The Morgan fingerprint density at radius 2 is 1.90 bits per heavy atom. The molecule has 2 rings (SSSR count). The molecule has 0 bridgehead atoms. The van der Waals surface area contributed by atoms with E-state index in [1.54, 1.807) is 24.5 Å². The van der Waals surface area contributed by atoms with E-state index >= 15 is 0 Å². The molecule has 0 amide bonds. The SMILES string of the molecule is C[C@H](NCc1ccccc1C(F)(F)F)c1cccnc1. The van der Waals surface area contributed by atoms with Crippen LogP contribution < -0.4 is 5.32 Å². The van der Waals surface area contributed by atoms with Gasteiger partial charge in [-0.15, -0.1) is 0 Å². The fraction of sp³-hybridized carbons (Fsp3) is 0.267. The quantitative estimate of drug-likeness (QED) is 0.917. The zero-order valence-electron chi connectivity index (χ0n) is 11.0. The minimum Gasteiger partial charge on any atom is -0.306 e. The second kappa shape index (κ2) is 6.05. The van der Waals surface area contributed by atoms with E-state index in [0.717, 1.165) is 11.6 Å². The molecule has 0 radical (unpaired) electrons. The van der Waals surface area contributed by atoms with Crippen LogP contribution in [0.4, 0.5) is 13.2 Å². The van der Waals surface area contributed by atoms with Gasteiger partial charge in [-0.1, -0.05) is 24.3 Å². The number of rotatable bonds is 4. The van der Waals surface area contributed by atoms with Gasteiger partial charge in [0.05, 0.1) is 5.56 Å². The Labute approximate surface area is 115 Å². The van der Waals surface area contributed by atoms with E-state index in [9.17, 15) is 13.2 Å². The highest BCUT2D eigenvalue weighted by molar-refractivity contribution is 5.29. The molecule has 0 aliphatic rings. The highest BCUT2D eigenvalue weighted by atomic mass is 19.4. The van der Waals surface area contributed by atoms with Crippen molar-refractivity contribution >= 4 is 0 Å². The average Bonchev–Trinajstić information content (AvgIpc) is 2.45. The van der Waals surface area contributed by atoms with Crippen LogP contribution in [0.1, 0.15) is 29.7 Å². The highest BCUT2D eigenvalue weighted by Gasteiger charge is 2.32. The predicted octanol–water partition coefficient (Wildman–Crippen LogP) is 3.95. The van der Waals surface area contributed by atoms with E-state index in [1.165, 1.54) is 12.1 Å². The number of halogens is 3. The maximum absolute atomic E-state index is 12.9. The summed E-state index contributed by atoms with van der Waals surface area (Å²) in [6, 6.07) is 9.23. The number of hydrogen-bond donors (Lipinski definition) is 1. The maximum atomic E-state index is 12.9. The van der Waals surface area contributed by atoms with Crippen LogP contribution in [-0.4, -0.2) is 4.98 Å². The maximum Gasteiger partial charge on any atom is 0.416 e. The van der Waals surface area contributed by atoms with Crippen molar-refractivity contribution in [3.63, 3.8) is 0 Å². The predicted molar refractivity (Wildman–Crippen MR) is 70.9 cm³/mol. The minimum atomic E-state index is -4.32. The van der Waals surface area contributed by atoms with Gasteiger partial charge in [-0.2, -0.15) is 13.2 Å². The number of nitrogens with one attached hydrogen (secondary N) is 1. The molecule has 0 saturated carbocycles. The van der Waals surface area contributed by atoms with Gasteiger partial charge in [0.25, 0.3) is 0 Å². The molecule has 0 spiro atoms. The Morgan fingerprint density at radius 1 is 1.15 bits per heavy atom. The van der Waals surface area contributed by atoms with Crippen LogP contribution >= 0.6 is 0 Å². The zero-order valence-corrected chi connectivity index (χ0v) is 11.0. The summed E-state index contributed by atoms with van der Waals surface area (Å²) in [7, 11) is 0. The first kappa shape index (κ1) is 14.5. The Kier molecular flexibility index (Phi) is 4.39. The fourth-order valence-electron chi connectivity index (χ4n) is 1.96. The second-order valence-corrected chi connectivity index (χ2v) is 4.54. The van der Waals surface area contributed by atoms with Crippen LogP contribution in [0.2, 0.25) is 0 Å². The molecule has 2 nitrogen and oxygen atoms in total. The molecule has 1 aromatic heterocycles. The van der Waals surface area contributed by atoms with Gasteiger partial charge >= 0.3 is 6.18 Å². The summed E-state index contributed by atoms with van der Waals surface area (Å²) in [5, 5.41) is 3.09. The normalized spacial score (nSPS) is 13.2. The van der Waals surface area contributed by atoms with Crippen molar-refractivity contribution in [2.45, 2.75) is 25.7 Å². The third kappa shape index (κ3) is 3.57. The topological polar surface area (TPSA) is 24.9 Å². The summed E-state index contributed by atoms with van der Waals surface area (Å²) in [5.41, 5.74) is 0.596. The third-order valence-corrected chi connectivity index (χ3v) is 3.11. The number of aromatic nitrogens is 1. The zero-order chi connectivity index (χ0) is 14.6. The molecule has 0 aliphatic heterocycles. The van der Waals surface area contributed by atoms with Crippen molar-refractivity contribution in [2.24, 2.45) is 0 Å². The number of hydrogen-bond acceptors (Lipinski definition) is 2. The van der Waals surface area contributed by atoms with E-state index in [1.807, 2.05) is 13.0 Å². The monoisotopic (exact) mass is 280 g/mol. The van der Waals surface area contributed by atoms with E-state index in [4.69, 9.17) is 0 Å². The van der Waals surface area contributed by atoms with Crippen molar-refractivity contribution in [3.8, 4) is 0 Å². The summed E-state index contributed by atoms with van der Waals surface area (Å²) < 4.78 is 38.6. The molecule has 1 aromatic carbocycles.